The lowest BCUT2D eigenvalue weighted by atomic mass is 10.1. The van der Waals surface area contributed by atoms with E-state index in [0.29, 0.717) is 19.1 Å². The number of nitrogens with zero attached hydrogens (tertiary/aromatic N) is 1. The Morgan fingerprint density at radius 3 is 2.82 bits per heavy atom. The van der Waals surface area contributed by atoms with Crippen LogP contribution >= 0.6 is 0 Å². The van der Waals surface area contributed by atoms with Gasteiger partial charge in [0.25, 0.3) is 0 Å². The van der Waals surface area contributed by atoms with Crippen molar-refractivity contribution in [2.75, 3.05) is 13.2 Å². The summed E-state index contributed by atoms with van der Waals surface area (Å²) in [5.41, 5.74) is 1.29. The Morgan fingerprint density at radius 2 is 2.12 bits per heavy atom. The van der Waals surface area contributed by atoms with Gasteiger partial charge >= 0.3 is 0 Å². The molecule has 3 heteroatoms. The molecule has 0 aliphatic carbocycles. The molecule has 2 atom stereocenters. The summed E-state index contributed by atoms with van der Waals surface area (Å²) >= 11 is 0. The Kier molecular flexibility index (Phi) is 4.29. The zero-order valence-electron chi connectivity index (χ0n) is 10.2. The Labute approximate surface area is 102 Å². The van der Waals surface area contributed by atoms with Crippen molar-refractivity contribution < 1.29 is 9.53 Å². The summed E-state index contributed by atoms with van der Waals surface area (Å²) in [6.45, 7) is 4.46. The molecule has 0 spiro atoms. The molecular weight excluding hydrogens is 214 g/mol. The van der Waals surface area contributed by atoms with E-state index in [1.807, 2.05) is 6.07 Å². The summed E-state index contributed by atoms with van der Waals surface area (Å²) in [5.74, 6) is 0. The normalized spacial score (nSPS) is 25.7. The van der Waals surface area contributed by atoms with Gasteiger partial charge in [0.2, 0.25) is 0 Å². The number of ether oxygens (including phenoxy) is 1. The number of benzene rings is 1. The van der Waals surface area contributed by atoms with E-state index in [9.17, 15) is 4.79 Å². The van der Waals surface area contributed by atoms with Crippen LogP contribution in [0.25, 0.3) is 0 Å². The molecule has 2 rings (SSSR count). The summed E-state index contributed by atoms with van der Waals surface area (Å²) in [6.07, 6.45) is 1.54. The molecule has 0 bridgehead atoms. The Morgan fingerprint density at radius 1 is 1.35 bits per heavy atom. The molecule has 17 heavy (non-hydrogen) atoms. The third kappa shape index (κ3) is 3.14. The van der Waals surface area contributed by atoms with Crippen LogP contribution in [0.3, 0.4) is 0 Å². The first kappa shape index (κ1) is 12.3. The SMILES string of the molecule is CC1COCC(CC=O)N1Cc1ccccc1. The molecule has 1 aliphatic rings. The van der Waals surface area contributed by atoms with Crippen molar-refractivity contribution in [1.29, 1.82) is 0 Å². The van der Waals surface area contributed by atoms with Crippen molar-refractivity contribution in [3.05, 3.63) is 35.9 Å². The number of carbonyl (C=O) groups is 1. The molecule has 1 saturated heterocycles. The molecule has 0 aromatic heterocycles. The molecule has 0 saturated carbocycles. The molecule has 1 aromatic carbocycles. The fourth-order valence-electron chi connectivity index (χ4n) is 2.32. The highest BCUT2D eigenvalue weighted by Gasteiger charge is 2.27. The summed E-state index contributed by atoms with van der Waals surface area (Å²) < 4.78 is 5.51. The number of hydrogen-bond donors (Lipinski definition) is 0. The summed E-state index contributed by atoms with van der Waals surface area (Å²) in [6, 6.07) is 11.0. The molecule has 0 radical (unpaired) electrons. The van der Waals surface area contributed by atoms with E-state index >= 15 is 0 Å². The minimum Gasteiger partial charge on any atom is -0.378 e. The molecule has 1 fully saturated rings. The quantitative estimate of drug-likeness (QED) is 0.743. The average Bonchev–Trinajstić information content (AvgIpc) is 2.35. The van der Waals surface area contributed by atoms with Crippen LogP contribution in [0.1, 0.15) is 18.9 Å². The predicted octanol–water partition coefficient (Wildman–Crippen LogP) is 1.86. The molecule has 3 nitrogen and oxygen atoms in total. The van der Waals surface area contributed by atoms with Gasteiger partial charge in [0, 0.05) is 25.0 Å². The molecular formula is C14H19NO2. The van der Waals surface area contributed by atoms with Gasteiger partial charge in [-0.25, -0.2) is 0 Å². The van der Waals surface area contributed by atoms with Gasteiger partial charge in [-0.1, -0.05) is 30.3 Å². The minimum absolute atomic E-state index is 0.219. The van der Waals surface area contributed by atoms with Crippen molar-refractivity contribution in [3.63, 3.8) is 0 Å². The number of rotatable bonds is 4. The second kappa shape index (κ2) is 5.94. The van der Waals surface area contributed by atoms with Crippen LogP contribution in [0.4, 0.5) is 0 Å². The van der Waals surface area contributed by atoms with Crippen LogP contribution in [0.2, 0.25) is 0 Å². The van der Waals surface area contributed by atoms with Gasteiger partial charge < -0.3 is 9.53 Å². The van der Waals surface area contributed by atoms with E-state index in [0.717, 1.165) is 19.4 Å². The van der Waals surface area contributed by atoms with Gasteiger partial charge in [-0.3, -0.25) is 4.90 Å². The first-order chi connectivity index (χ1) is 8.31. The third-order valence-electron chi connectivity index (χ3n) is 3.28. The largest absolute Gasteiger partial charge is 0.378 e. The molecule has 0 amide bonds. The fraction of sp³-hybridized carbons (Fsp3) is 0.500. The lowest BCUT2D eigenvalue weighted by Gasteiger charge is -2.39. The van der Waals surface area contributed by atoms with E-state index in [1.54, 1.807) is 0 Å². The van der Waals surface area contributed by atoms with Gasteiger partial charge in [-0.2, -0.15) is 0 Å². The topological polar surface area (TPSA) is 29.5 Å². The molecule has 1 aliphatic heterocycles. The molecule has 1 aromatic rings. The van der Waals surface area contributed by atoms with Gasteiger partial charge in [-0.15, -0.1) is 0 Å². The predicted molar refractivity (Wildman–Crippen MR) is 66.7 cm³/mol. The van der Waals surface area contributed by atoms with Crippen LogP contribution in [0.5, 0.6) is 0 Å². The van der Waals surface area contributed by atoms with Crippen molar-refractivity contribution >= 4 is 6.29 Å². The number of carbonyl (C=O) groups excluding carboxylic acids is 1. The van der Waals surface area contributed by atoms with Crippen LogP contribution in [0.15, 0.2) is 30.3 Å². The highest BCUT2D eigenvalue weighted by atomic mass is 16.5. The highest BCUT2D eigenvalue weighted by molar-refractivity contribution is 5.50. The van der Waals surface area contributed by atoms with E-state index in [1.165, 1.54) is 5.56 Å². The minimum atomic E-state index is 0.219. The molecule has 92 valence electrons. The lowest BCUT2D eigenvalue weighted by molar-refractivity contribution is -0.112. The average molecular weight is 233 g/mol. The molecule has 1 heterocycles. The first-order valence-electron chi connectivity index (χ1n) is 6.12. The maximum atomic E-state index is 10.7. The van der Waals surface area contributed by atoms with Crippen LogP contribution in [-0.4, -0.2) is 36.5 Å². The Bertz CT molecular complexity index is 352. The van der Waals surface area contributed by atoms with E-state index < -0.39 is 0 Å². The van der Waals surface area contributed by atoms with Crippen molar-refractivity contribution in [1.82, 2.24) is 4.90 Å². The van der Waals surface area contributed by atoms with Crippen molar-refractivity contribution in [3.8, 4) is 0 Å². The molecule has 2 unspecified atom stereocenters. The zero-order valence-corrected chi connectivity index (χ0v) is 10.2. The van der Waals surface area contributed by atoms with Gasteiger partial charge in [0.1, 0.15) is 6.29 Å². The van der Waals surface area contributed by atoms with Crippen molar-refractivity contribution in [2.45, 2.75) is 32.0 Å². The van der Waals surface area contributed by atoms with Crippen LogP contribution in [-0.2, 0) is 16.1 Å². The van der Waals surface area contributed by atoms with Gasteiger partial charge in [0.15, 0.2) is 0 Å². The first-order valence-corrected chi connectivity index (χ1v) is 6.12. The smallest absolute Gasteiger partial charge is 0.121 e. The lowest BCUT2D eigenvalue weighted by Crippen LogP contribution is -2.50. The standard InChI is InChI=1S/C14H19NO2/c1-12-10-17-11-14(7-8-16)15(12)9-13-5-3-2-4-6-13/h2-6,8,12,14H,7,9-11H2,1H3. The van der Waals surface area contributed by atoms with Gasteiger partial charge in [0.05, 0.1) is 13.2 Å². The van der Waals surface area contributed by atoms with Crippen LogP contribution in [0, 0.1) is 0 Å². The number of hydrogen-bond acceptors (Lipinski definition) is 3. The van der Waals surface area contributed by atoms with E-state index in [2.05, 4.69) is 36.1 Å². The Hall–Kier alpha value is -1.19. The summed E-state index contributed by atoms with van der Waals surface area (Å²) in [7, 11) is 0. The van der Waals surface area contributed by atoms with E-state index in [4.69, 9.17) is 4.74 Å². The summed E-state index contributed by atoms with van der Waals surface area (Å²) in [5, 5.41) is 0. The van der Waals surface area contributed by atoms with Crippen LogP contribution < -0.4 is 0 Å². The highest BCUT2D eigenvalue weighted by Crippen LogP contribution is 2.18. The second-order valence-electron chi connectivity index (χ2n) is 4.60. The maximum absolute atomic E-state index is 10.7. The Balaban J connectivity index is 2.06. The maximum Gasteiger partial charge on any atom is 0.121 e. The third-order valence-corrected chi connectivity index (χ3v) is 3.28. The van der Waals surface area contributed by atoms with Crippen molar-refractivity contribution in [2.24, 2.45) is 0 Å². The molecule has 0 N–H and O–H groups in total. The van der Waals surface area contributed by atoms with E-state index in [-0.39, 0.29) is 6.04 Å². The number of morpholine rings is 1. The summed E-state index contributed by atoms with van der Waals surface area (Å²) in [4.78, 5) is 13.1. The van der Waals surface area contributed by atoms with Gasteiger partial charge in [-0.05, 0) is 12.5 Å². The fourth-order valence-corrected chi connectivity index (χ4v) is 2.32. The second-order valence-corrected chi connectivity index (χ2v) is 4.60. The number of aldehydes is 1. The monoisotopic (exact) mass is 233 g/mol. The zero-order chi connectivity index (χ0) is 12.1.